The maximum absolute atomic E-state index is 12.5. The van der Waals surface area contributed by atoms with Crippen molar-refractivity contribution in [2.45, 2.75) is 71.8 Å². The molecule has 0 heterocycles. The zero-order valence-corrected chi connectivity index (χ0v) is 12.7. The first-order valence-corrected chi connectivity index (χ1v) is 7.78. The van der Waals surface area contributed by atoms with E-state index in [1.54, 1.807) is 0 Å². The number of nitrogens with two attached hydrogens (primary N) is 1. The van der Waals surface area contributed by atoms with Crippen LogP contribution in [0.3, 0.4) is 0 Å². The Labute approximate surface area is 117 Å². The average Bonchev–Trinajstić information content (AvgIpc) is 2.75. The minimum absolute atomic E-state index is 0.0256. The Kier molecular flexibility index (Phi) is 4.24. The Balaban J connectivity index is 1.98. The van der Waals surface area contributed by atoms with Crippen molar-refractivity contribution in [3.05, 3.63) is 0 Å². The third-order valence-electron chi connectivity index (χ3n) is 5.00. The molecule has 0 bridgehead atoms. The predicted molar refractivity (Wildman–Crippen MR) is 76.6 cm³/mol. The van der Waals surface area contributed by atoms with E-state index in [0.29, 0.717) is 12.5 Å². The van der Waals surface area contributed by atoms with Gasteiger partial charge in [0.15, 0.2) is 0 Å². The summed E-state index contributed by atoms with van der Waals surface area (Å²) in [5.41, 5.74) is 5.77. The number of rotatable bonds is 3. The molecule has 0 aromatic carbocycles. The minimum Gasteiger partial charge on any atom is -0.462 e. The normalized spacial score (nSPS) is 33.1. The SMILES string of the molecule is CC1CC(OC(=O)C2(CN)CCCC2)CC(C)(C)C1. The lowest BCUT2D eigenvalue weighted by Gasteiger charge is -2.39. The van der Waals surface area contributed by atoms with E-state index in [0.717, 1.165) is 38.5 Å². The highest BCUT2D eigenvalue weighted by atomic mass is 16.5. The van der Waals surface area contributed by atoms with E-state index in [9.17, 15) is 4.79 Å². The first-order chi connectivity index (χ1) is 8.87. The monoisotopic (exact) mass is 267 g/mol. The van der Waals surface area contributed by atoms with E-state index in [1.165, 1.54) is 6.42 Å². The van der Waals surface area contributed by atoms with Crippen molar-refractivity contribution < 1.29 is 9.53 Å². The molecule has 0 aromatic rings. The van der Waals surface area contributed by atoms with E-state index in [-0.39, 0.29) is 22.9 Å². The summed E-state index contributed by atoms with van der Waals surface area (Å²) in [4.78, 5) is 12.5. The summed E-state index contributed by atoms with van der Waals surface area (Å²) in [5.74, 6) is 0.612. The average molecular weight is 267 g/mol. The summed E-state index contributed by atoms with van der Waals surface area (Å²) >= 11 is 0. The smallest absolute Gasteiger partial charge is 0.313 e. The molecule has 0 aliphatic heterocycles. The molecule has 2 fully saturated rings. The fourth-order valence-electron chi connectivity index (χ4n) is 4.17. The second-order valence-electron chi connectivity index (χ2n) is 7.63. The molecule has 2 saturated carbocycles. The van der Waals surface area contributed by atoms with Crippen LogP contribution in [0.5, 0.6) is 0 Å². The molecule has 0 aromatic heterocycles. The third kappa shape index (κ3) is 3.31. The highest BCUT2D eigenvalue weighted by molar-refractivity contribution is 5.77. The highest BCUT2D eigenvalue weighted by Crippen LogP contribution is 2.42. The van der Waals surface area contributed by atoms with Gasteiger partial charge in [0.25, 0.3) is 0 Å². The standard InChI is InChI=1S/C16H29NO2/c1-12-8-13(10-15(2,3)9-12)19-14(18)16(11-17)6-4-5-7-16/h12-13H,4-11,17H2,1-3H3. The molecular weight excluding hydrogens is 238 g/mol. The number of ether oxygens (including phenoxy) is 1. The summed E-state index contributed by atoms with van der Waals surface area (Å²) in [7, 11) is 0. The molecule has 0 saturated heterocycles. The quantitative estimate of drug-likeness (QED) is 0.798. The van der Waals surface area contributed by atoms with Gasteiger partial charge in [0.05, 0.1) is 5.41 Å². The van der Waals surface area contributed by atoms with Gasteiger partial charge in [-0.15, -0.1) is 0 Å². The van der Waals surface area contributed by atoms with Crippen molar-refractivity contribution >= 4 is 5.97 Å². The van der Waals surface area contributed by atoms with Gasteiger partial charge in [-0.2, -0.15) is 0 Å². The van der Waals surface area contributed by atoms with Crippen LogP contribution >= 0.6 is 0 Å². The zero-order chi connectivity index (χ0) is 14.1. The van der Waals surface area contributed by atoms with Crippen molar-refractivity contribution in [2.24, 2.45) is 22.5 Å². The maximum atomic E-state index is 12.5. The summed E-state index contributed by atoms with van der Waals surface area (Å²) in [6.07, 6.45) is 7.36. The van der Waals surface area contributed by atoms with Gasteiger partial charge in [-0.1, -0.05) is 33.6 Å². The van der Waals surface area contributed by atoms with Crippen LogP contribution in [-0.2, 0) is 9.53 Å². The molecule has 2 aliphatic carbocycles. The molecule has 2 atom stereocenters. The molecule has 0 spiro atoms. The van der Waals surface area contributed by atoms with Gasteiger partial charge in [0, 0.05) is 6.54 Å². The van der Waals surface area contributed by atoms with E-state index in [2.05, 4.69) is 20.8 Å². The fourth-order valence-corrected chi connectivity index (χ4v) is 4.17. The molecule has 0 radical (unpaired) electrons. The number of esters is 1. The molecule has 110 valence electrons. The van der Waals surface area contributed by atoms with Gasteiger partial charge >= 0.3 is 5.97 Å². The molecular formula is C16H29NO2. The fraction of sp³-hybridized carbons (Fsp3) is 0.938. The van der Waals surface area contributed by atoms with Crippen molar-refractivity contribution in [1.29, 1.82) is 0 Å². The molecule has 3 nitrogen and oxygen atoms in total. The minimum atomic E-state index is -0.370. The Hall–Kier alpha value is -0.570. The second kappa shape index (κ2) is 5.43. The predicted octanol–water partition coefficient (Wildman–Crippen LogP) is 3.26. The summed E-state index contributed by atoms with van der Waals surface area (Å²) in [6.45, 7) is 7.25. The topological polar surface area (TPSA) is 52.3 Å². The van der Waals surface area contributed by atoms with Gasteiger partial charge in [-0.3, -0.25) is 4.79 Å². The van der Waals surface area contributed by atoms with E-state index < -0.39 is 0 Å². The Morgan fingerprint density at radius 2 is 1.89 bits per heavy atom. The number of carbonyl (C=O) groups excluding carboxylic acids is 1. The summed E-state index contributed by atoms with van der Waals surface area (Å²) in [5, 5.41) is 0. The number of hydrogen-bond donors (Lipinski definition) is 1. The Morgan fingerprint density at radius 1 is 1.26 bits per heavy atom. The van der Waals surface area contributed by atoms with Crippen molar-refractivity contribution in [3.8, 4) is 0 Å². The molecule has 19 heavy (non-hydrogen) atoms. The van der Waals surface area contributed by atoms with Crippen LogP contribution < -0.4 is 5.73 Å². The van der Waals surface area contributed by atoms with E-state index in [1.807, 2.05) is 0 Å². The van der Waals surface area contributed by atoms with Gasteiger partial charge < -0.3 is 10.5 Å². The highest BCUT2D eigenvalue weighted by Gasteiger charge is 2.43. The van der Waals surface area contributed by atoms with Crippen molar-refractivity contribution in [1.82, 2.24) is 0 Å². The number of carbonyl (C=O) groups is 1. The van der Waals surface area contributed by atoms with E-state index >= 15 is 0 Å². The van der Waals surface area contributed by atoms with Crippen LogP contribution in [-0.4, -0.2) is 18.6 Å². The molecule has 2 N–H and O–H groups in total. The van der Waals surface area contributed by atoms with Crippen LogP contribution in [0.4, 0.5) is 0 Å². The van der Waals surface area contributed by atoms with Gasteiger partial charge in [-0.25, -0.2) is 0 Å². The summed E-state index contributed by atoms with van der Waals surface area (Å²) in [6, 6.07) is 0. The summed E-state index contributed by atoms with van der Waals surface area (Å²) < 4.78 is 5.86. The lowest BCUT2D eigenvalue weighted by molar-refractivity contribution is -0.165. The molecule has 2 aliphatic rings. The van der Waals surface area contributed by atoms with Crippen LogP contribution in [0.2, 0.25) is 0 Å². The van der Waals surface area contributed by atoms with Crippen molar-refractivity contribution in [3.63, 3.8) is 0 Å². The molecule has 3 heteroatoms. The van der Waals surface area contributed by atoms with Crippen LogP contribution in [0.1, 0.15) is 65.7 Å². The third-order valence-corrected chi connectivity index (χ3v) is 5.00. The zero-order valence-electron chi connectivity index (χ0n) is 12.7. The molecule has 0 amide bonds. The lowest BCUT2D eigenvalue weighted by atomic mass is 9.71. The van der Waals surface area contributed by atoms with Crippen molar-refractivity contribution in [2.75, 3.05) is 6.54 Å². The maximum Gasteiger partial charge on any atom is 0.313 e. The molecule has 2 rings (SSSR count). The van der Waals surface area contributed by atoms with Crippen LogP contribution in [0.15, 0.2) is 0 Å². The van der Waals surface area contributed by atoms with Crippen LogP contribution in [0.25, 0.3) is 0 Å². The van der Waals surface area contributed by atoms with Crippen LogP contribution in [0, 0.1) is 16.7 Å². The Bertz CT molecular complexity index is 332. The van der Waals surface area contributed by atoms with Gasteiger partial charge in [0.2, 0.25) is 0 Å². The first kappa shape index (κ1) is 14.8. The first-order valence-electron chi connectivity index (χ1n) is 7.78. The van der Waals surface area contributed by atoms with E-state index in [4.69, 9.17) is 10.5 Å². The Morgan fingerprint density at radius 3 is 2.42 bits per heavy atom. The van der Waals surface area contributed by atoms with Gasteiger partial charge in [0.1, 0.15) is 6.10 Å². The lowest BCUT2D eigenvalue weighted by Crippen LogP contribution is -2.42. The second-order valence-corrected chi connectivity index (χ2v) is 7.63. The van der Waals surface area contributed by atoms with Gasteiger partial charge in [-0.05, 0) is 43.4 Å². The largest absolute Gasteiger partial charge is 0.462 e. The number of hydrogen-bond acceptors (Lipinski definition) is 3. The molecule has 2 unspecified atom stereocenters.